The van der Waals surface area contributed by atoms with Crippen LogP contribution in [0.5, 0.6) is 5.88 Å². The Labute approximate surface area is 177 Å². The Morgan fingerprint density at radius 3 is 2.58 bits per heavy atom. The molecule has 10 nitrogen and oxygen atoms in total. The van der Waals surface area contributed by atoms with Crippen molar-refractivity contribution in [1.82, 2.24) is 19.5 Å². The molecule has 4 atom stereocenters. The van der Waals surface area contributed by atoms with E-state index in [1.807, 2.05) is 0 Å². The summed E-state index contributed by atoms with van der Waals surface area (Å²) in [6.45, 7) is 3.01. The van der Waals surface area contributed by atoms with Crippen molar-refractivity contribution in [2.24, 2.45) is 0 Å². The SMILES string of the molecule is COc1nc(NCc2ccc(F)cc2)nc2c1nc(C)n2C1OC(CO)C(O)C1(C)O. The third-order valence-corrected chi connectivity index (χ3v) is 5.41. The number of aryl methyl sites for hydroxylation is 1. The summed E-state index contributed by atoms with van der Waals surface area (Å²) in [5.41, 5.74) is -0.202. The number of hydrogen-bond acceptors (Lipinski definition) is 9. The molecule has 31 heavy (non-hydrogen) atoms. The van der Waals surface area contributed by atoms with Gasteiger partial charge < -0.3 is 30.1 Å². The van der Waals surface area contributed by atoms with Gasteiger partial charge in [0.2, 0.25) is 11.8 Å². The predicted octanol–water partition coefficient (Wildman–Crippen LogP) is 0.896. The van der Waals surface area contributed by atoms with Crippen LogP contribution in [0.4, 0.5) is 10.3 Å². The van der Waals surface area contributed by atoms with Crippen LogP contribution in [0.15, 0.2) is 24.3 Å². The maximum Gasteiger partial charge on any atom is 0.246 e. The molecule has 1 saturated heterocycles. The average molecular weight is 433 g/mol. The van der Waals surface area contributed by atoms with E-state index < -0.39 is 30.6 Å². The number of nitrogens with zero attached hydrogens (tertiary/aromatic N) is 4. The van der Waals surface area contributed by atoms with Crippen molar-refractivity contribution in [3.05, 3.63) is 41.5 Å². The summed E-state index contributed by atoms with van der Waals surface area (Å²) in [5.74, 6) is 0.570. The molecule has 0 amide bonds. The van der Waals surface area contributed by atoms with Gasteiger partial charge in [0.1, 0.15) is 29.5 Å². The maximum absolute atomic E-state index is 13.1. The summed E-state index contributed by atoms with van der Waals surface area (Å²) in [6.07, 6.45) is -3.31. The lowest BCUT2D eigenvalue weighted by Gasteiger charge is -2.28. The molecule has 1 aliphatic heterocycles. The minimum absolute atomic E-state index is 0.213. The fourth-order valence-corrected chi connectivity index (χ4v) is 3.71. The number of benzene rings is 1. The molecule has 0 aliphatic carbocycles. The molecule has 166 valence electrons. The first-order chi connectivity index (χ1) is 14.8. The lowest BCUT2D eigenvalue weighted by atomic mass is 9.96. The normalized spacial score (nSPS) is 25.8. The molecule has 4 N–H and O–H groups in total. The quantitative estimate of drug-likeness (QED) is 0.447. The van der Waals surface area contributed by atoms with Crippen LogP contribution in [0, 0.1) is 12.7 Å². The molecule has 0 radical (unpaired) electrons. The molecule has 11 heteroatoms. The van der Waals surface area contributed by atoms with Gasteiger partial charge in [0.25, 0.3) is 0 Å². The zero-order valence-electron chi connectivity index (χ0n) is 17.3. The lowest BCUT2D eigenvalue weighted by molar-refractivity contribution is -0.0958. The topological polar surface area (TPSA) is 135 Å². The number of halogens is 1. The first kappa shape index (κ1) is 21.4. The van der Waals surface area contributed by atoms with Crippen molar-refractivity contribution in [3.8, 4) is 5.88 Å². The van der Waals surface area contributed by atoms with Crippen molar-refractivity contribution < 1.29 is 29.2 Å². The second-order valence-corrected chi connectivity index (χ2v) is 7.62. The Kier molecular flexibility index (Phi) is 5.52. The van der Waals surface area contributed by atoms with E-state index in [1.54, 1.807) is 23.6 Å². The lowest BCUT2D eigenvalue weighted by Crippen LogP contribution is -2.44. The molecule has 3 heterocycles. The second-order valence-electron chi connectivity index (χ2n) is 7.62. The number of aromatic nitrogens is 4. The monoisotopic (exact) mass is 433 g/mol. The number of methoxy groups -OCH3 is 1. The van der Waals surface area contributed by atoms with Crippen molar-refractivity contribution in [2.75, 3.05) is 19.0 Å². The van der Waals surface area contributed by atoms with E-state index in [9.17, 15) is 19.7 Å². The molecular weight excluding hydrogens is 409 g/mol. The van der Waals surface area contributed by atoms with Crippen molar-refractivity contribution in [3.63, 3.8) is 0 Å². The number of aliphatic hydroxyl groups is 3. The number of hydrogen-bond donors (Lipinski definition) is 4. The molecule has 1 aromatic carbocycles. The summed E-state index contributed by atoms with van der Waals surface area (Å²) in [4.78, 5) is 13.3. The summed E-state index contributed by atoms with van der Waals surface area (Å²) < 4.78 is 25.8. The summed E-state index contributed by atoms with van der Waals surface area (Å²) in [7, 11) is 1.45. The van der Waals surface area contributed by atoms with Gasteiger partial charge >= 0.3 is 0 Å². The van der Waals surface area contributed by atoms with Gasteiger partial charge in [-0.15, -0.1) is 0 Å². The molecule has 0 spiro atoms. The highest BCUT2D eigenvalue weighted by Crippen LogP contribution is 2.41. The Morgan fingerprint density at radius 2 is 1.97 bits per heavy atom. The minimum Gasteiger partial charge on any atom is -0.479 e. The molecule has 0 saturated carbocycles. The van der Waals surface area contributed by atoms with E-state index in [0.29, 0.717) is 23.5 Å². The number of ether oxygens (including phenoxy) is 2. The van der Waals surface area contributed by atoms with Crippen LogP contribution in [0.3, 0.4) is 0 Å². The predicted molar refractivity (Wildman–Crippen MR) is 108 cm³/mol. The van der Waals surface area contributed by atoms with Gasteiger partial charge in [-0.2, -0.15) is 9.97 Å². The molecule has 4 unspecified atom stereocenters. The second kappa shape index (κ2) is 8.00. The van der Waals surface area contributed by atoms with Crippen LogP contribution in [0.2, 0.25) is 0 Å². The number of anilines is 1. The Bertz CT molecular complexity index is 1090. The third-order valence-electron chi connectivity index (χ3n) is 5.41. The average Bonchev–Trinajstić information content (AvgIpc) is 3.19. The Balaban J connectivity index is 1.74. The smallest absolute Gasteiger partial charge is 0.246 e. The summed E-state index contributed by atoms with van der Waals surface area (Å²) in [5, 5.41) is 33.8. The number of aliphatic hydroxyl groups excluding tert-OH is 2. The van der Waals surface area contributed by atoms with Crippen molar-refractivity contribution in [2.45, 2.75) is 44.4 Å². The van der Waals surface area contributed by atoms with Crippen LogP contribution < -0.4 is 10.1 Å². The largest absolute Gasteiger partial charge is 0.479 e. The summed E-state index contributed by atoms with van der Waals surface area (Å²) in [6, 6.07) is 6.02. The summed E-state index contributed by atoms with van der Waals surface area (Å²) >= 11 is 0. The number of imidazole rings is 1. The van der Waals surface area contributed by atoms with Gasteiger partial charge in [0.15, 0.2) is 17.4 Å². The first-order valence-corrected chi connectivity index (χ1v) is 9.72. The molecular formula is C20H24FN5O5. The first-order valence-electron chi connectivity index (χ1n) is 9.72. The highest BCUT2D eigenvalue weighted by molar-refractivity contribution is 5.78. The fourth-order valence-electron chi connectivity index (χ4n) is 3.71. The number of nitrogens with one attached hydrogen (secondary N) is 1. The van der Waals surface area contributed by atoms with Gasteiger partial charge in [-0.25, -0.2) is 9.37 Å². The third kappa shape index (κ3) is 3.69. The zero-order chi connectivity index (χ0) is 22.3. The van der Waals surface area contributed by atoms with Gasteiger partial charge in [0, 0.05) is 6.54 Å². The molecule has 4 rings (SSSR count). The van der Waals surface area contributed by atoms with E-state index in [-0.39, 0.29) is 17.6 Å². The van der Waals surface area contributed by atoms with Crippen LogP contribution in [-0.2, 0) is 11.3 Å². The van der Waals surface area contributed by atoms with Crippen molar-refractivity contribution in [1.29, 1.82) is 0 Å². The van der Waals surface area contributed by atoms with E-state index in [0.717, 1.165) is 5.56 Å². The van der Waals surface area contributed by atoms with Crippen molar-refractivity contribution >= 4 is 17.1 Å². The van der Waals surface area contributed by atoms with E-state index >= 15 is 0 Å². The molecule has 3 aromatic rings. The molecule has 2 aromatic heterocycles. The number of rotatable bonds is 6. The van der Waals surface area contributed by atoms with Gasteiger partial charge in [-0.1, -0.05) is 12.1 Å². The van der Waals surface area contributed by atoms with Crippen LogP contribution >= 0.6 is 0 Å². The van der Waals surface area contributed by atoms with Crippen LogP contribution in [-0.4, -0.2) is 66.4 Å². The fraction of sp³-hybridized carbons (Fsp3) is 0.450. The molecule has 1 fully saturated rings. The Hall–Kier alpha value is -2.86. The van der Waals surface area contributed by atoms with E-state index in [4.69, 9.17) is 9.47 Å². The maximum atomic E-state index is 13.1. The Morgan fingerprint density at radius 1 is 1.26 bits per heavy atom. The standard InChI is InChI=1S/C20H24FN5O5/c1-10-23-14-16(26(10)18-20(2,29)15(28)13(9-27)31-18)24-19(25-17(14)30-3)22-8-11-4-6-12(21)7-5-11/h4-7,13,15,18,27-29H,8-9H2,1-3H3,(H,22,24,25). The highest BCUT2D eigenvalue weighted by atomic mass is 19.1. The van der Waals surface area contributed by atoms with E-state index in [2.05, 4.69) is 20.3 Å². The highest BCUT2D eigenvalue weighted by Gasteiger charge is 2.53. The molecule has 1 aliphatic rings. The van der Waals surface area contributed by atoms with Gasteiger partial charge in [-0.05, 0) is 31.5 Å². The minimum atomic E-state index is -1.70. The van der Waals surface area contributed by atoms with E-state index in [1.165, 1.54) is 26.2 Å². The van der Waals surface area contributed by atoms with Gasteiger partial charge in [-0.3, -0.25) is 4.57 Å². The van der Waals surface area contributed by atoms with Gasteiger partial charge in [0.05, 0.1) is 13.7 Å². The van der Waals surface area contributed by atoms with Crippen LogP contribution in [0.1, 0.15) is 24.5 Å². The molecule has 0 bridgehead atoms. The zero-order valence-corrected chi connectivity index (χ0v) is 17.3. The van der Waals surface area contributed by atoms with Crippen LogP contribution in [0.25, 0.3) is 11.2 Å². The number of fused-ring (bicyclic) bond motifs is 1.